The van der Waals surface area contributed by atoms with E-state index in [1.165, 1.54) is 25.2 Å². The van der Waals surface area contributed by atoms with E-state index in [-0.39, 0.29) is 22.5 Å². The number of carbonyl (C=O) groups is 4. The Morgan fingerprint density at radius 2 is 1.72 bits per heavy atom. The van der Waals surface area contributed by atoms with Crippen molar-refractivity contribution in [2.75, 3.05) is 27.4 Å². The average Bonchev–Trinajstić information content (AvgIpc) is 3.12. The number of Topliss-reactive ketones (excluding diaryl/α,β-unsaturated/α-hetero) is 1. The van der Waals surface area contributed by atoms with Crippen LogP contribution in [0.1, 0.15) is 52.8 Å². The predicted molar refractivity (Wildman–Crippen MR) is 103 cm³/mol. The topological polar surface area (TPSA) is 94.9 Å². The van der Waals surface area contributed by atoms with Gasteiger partial charge in [-0.3, -0.25) is 19.3 Å². The molecule has 1 aliphatic rings. The Kier molecular flexibility index (Phi) is 5.65. The Balaban J connectivity index is 1.70. The lowest BCUT2D eigenvalue weighted by atomic mass is 10.1. The van der Waals surface area contributed by atoms with E-state index in [0.717, 1.165) is 16.3 Å². The van der Waals surface area contributed by atoms with Crippen LogP contribution in [0.15, 0.2) is 24.3 Å². The Bertz CT molecular complexity index is 1020. The molecule has 0 bridgehead atoms. The number of ether oxygens (including phenoxy) is 2. The zero-order valence-electron chi connectivity index (χ0n) is 16.8. The number of aromatic nitrogens is 1. The zero-order chi connectivity index (χ0) is 21.3. The van der Waals surface area contributed by atoms with E-state index < -0.39 is 24.4 Å². The highest BCUT2D eigenvalue weighted by Gasteiger charge is 2.33. The SMILES string of the molecule is COCCn1c(C)cc(C(=O)COC(=O)c2ccc3c(c2)C(=O)N(C)C3=O)c1C. The standard InChI is InChI=1S/C21H22N2O6/c1-12-9-16(13(2)23(12)7-8-28-4)18(24)11-29-21(27)14-5-6-15-17(10-14)20(26)22(3)19(15)25/h5-6,9-10H,7-8,11H2,1-4H3. The number of hydrogen-bond acceptors (Lipinski definition) is 6. The number of esters is 1. The maximum absolute atomic E-state index is 12.5. The van der Waals surface area contributed by atoms with E-state index in [9.17, 15) is 19.2 Å². The summed E-state index contributed by atoms with van der Waals surface area (Å²) in [5.41, 5.74) is 2.69. The van der Waals surface area contributed by atoms with Crippen molar-refractivity contribution in [1.82, 2.24) is 9.47 Å². The van der Waals surface area contributed by atoms with E-state index in [0.29, 0.717) is 18.7 Å². The number of carbonyl (C=O) groups excluding carboxylic acids is 4. The lowest BCUT2D eigenvalue weighted by Crippen LogP contribution is -2.24. The molecule has 1 aliphatic heterocycles. The number of aryl methyl sites for hydroxylation is 1. The van der Waals surface area contributed by atoms with Crippen LogP contribution in [0.3, 0.4) is 0 Å². The highest BCUT2D eigenvalue weighted by Crippen LogP contribution is 2.23. The highest BCUT2D eigenvalue weighted by molar-refractivity contribution is 6.21. The normalized spacial score (nSPS) is 13.0. The molecule has 0 atom stereocenters. The van der Waals surface area contributed by atoms with Crippen LogP contribution in [0.5, 0.6) is 0 Å². The first kappa shape index (κ1) is 20.5. The van der Waals surface area contributed by atoms with Gasteiger partial charge in [-0.1, -0.05) is 0 Å². The molecule has 0 spiro atoms. The highest BCUT2D eigenvalue weighted by atomic mass is 16.5. The Morgan fingerprint density at radius 3 is 2.41 bits per heavy atom. The van der Waals surface area contributed by atoms with E-state index >= 15 is 0 Å². The molecule has 29 heavy (non-hydrogen) atoms. The van der Waals surface area contributed by atoms with Gasteiger partial charge in [-0.25, -0.2) is 4.79 Å². The molecular formula is C21H22N2O6. The number of imide groups is 1. The molecule has 0 radical (unpaired) electrons. The maximum Gasteiger partial charge on any atom is 0.338 e. The summed E-state index contributed by atoms with van der Waals surface area (Å²) in [5.74, 6) is -1.94. The minimum atomic E-state index is -0.732. The van der Waals surface area contributed by atoms with Crippen LogP contribution in [0.25, 0.3) is 0 Å². The van der Waals surface area contributed by atoms with Crippen LogP contribution in [-0.4, -0.2) is 60.4 Å². The predicted octanol–water partition coefficient (Wildman–Crippen LogP) is 2.02. The second kappa shape index (κ2) is 8.00. The molecule has 152 valence electrons. The summed E-state index contributed by atoms with van der Waals surface area (Å²) < 4.78 is 12.2. The van der Waals surface area contributed by atoms with Crippen molar-refractivity contribution in [3.05, 3.63) is 57.9 Å². The Labute approximate surface area is 168 Å². The third kappa shape index (κ3) is 3.71. The molecule has 2 aromatic rings. The number of hydrogen-bond donors (Lipinski definition) is 0. The molecule has 0 fully saturated rings. The van der Waals surface area contributed by atoms with Crippen molar-refractivity contribution in [2.45, 2.75) is 20.4 Å². The Morgan fingerprint density at radius 1 is 1.03 bits per heavy atom. The molecule has 8 nitrogen and oxygen atoms in total. The van der Waals surface area contributed by atoms with Crippen molar-refractivity contribution < 1.29 is 28.7 Å². The van der Waals surface area contributed by atoms with Crippen molar-refractivity contribution in [1.29, 1.82) is 0 Å². The zero-order valence-corrected chi connectivity index (χ0v) is 16.8. The molecule has 1 aromatic carbocycles. The first-order valence-corrected chi connectivity index (χ1v) is 9.08. The fourth-order valence-electron chi connectivity index (χ4n) is 3.39. The molecule has 0 saturated carbocycles. The van der Waals surface area contributed by atoms with Gasteiger partial charge >= 0.3 is 5.97 Å². The molecule has 3 rings (SSSR count). The lowest BCUT2D eigenvalue weighted by Gasteiger charge is -2.09. The molecule has 1 aromatic heterocycles. The molecule has 8 heteroatoms. The summed E-state index contributed by atoms with van der Waals surface area (Å²) in [6, 6.07) is 5.91. The molecule has 0 saturated heterocycles. The van der Waals surface area contributed by atoms with Crippen molar-refractivity contribution in [3.8, 4) is 0 Å². The summed E-state index contributed by atoms with van der Waals surface area (Å²) in [4.78, 5) is 49.9. The Hall–Kier alpha value is -3.26. The van der Waals surface area contributed by atoms with Gasteiger partial charge in [0.2, 0.25) is 5.78 Å². The first-order chi connectivity index (χ1) is 13.8. The minimum Gasteiger partial charge on any atom is -0.454 e. The van der Waals surface area contributed by atoms with Gasteiger partial charge in [0.25, 0.3) is 11.8 Å². The fourth-order valence-corrected chi connectivity index (χ4v) is 3.39. The third-order valence-corrected chi connectivity index (χ3v) is 5.05. The van der Waals surface area contributed by atoms with Gasteiger partial charge in [-0.05, 0) is 38.1 Å². The van der Waals surface area contributed by atoms with Gasteiger partial charge < -0.3 is 14.0 Å². The first-order valence-electron chi connectivity index (χ1n) is 9.08. The van der Waals surface area contributed by atoms with Crippen LogP contribution in [-0.2, 0) is 16.0 Å². The average molecular weight is 398 g/mol. The minimum absolute atomic E-state index is 0.110. The quantitative estimate of drug-likeness (QED) is 0.402. The summed E-state index contributed by atoms with van der Waals surface area (Å²) >= 11 is 0. The molecule has 0 N–H and O–H groups in total. The van der Waals surface area contributed by atoms with Crippen molar-refractivity contribution >= 4 is 23.6 Å². The van der Waals surface area contributed by atoms with Crippen LogP contribution < -0.4 is 0 Å². The summed E-state index contributed by atoms with van der Waals surface area (Å²) in [6.45, 7) is 4.45. The van der Waals surface area contributed by atoms with Crippen LogP contribution >= 0.6 is 0 Å². The summed E-state index contributed by atoms with van der Waals surface area (Å²) in [7, 11) is 2.99. The van der Waals surface area contributed by atoms with E-state index in [1.807, 2.05) is 18.4 Å². The van der Waals surface area contributed by atoms with E-state index in [2.05, 4.69) is 0 Å². The molecule has 2 heterocycles. The number of amides is 2. The largest absolute Gasteiger partial charge is 0.454 e. The van der Waals surface area contributed by atoms with Crippen molar-refractivity contribution in [2.24, 2.45) is 0 Å². The van der Waals surface area contributed by atoms with Gasteiger partial charge in [0.1, 0.15) is 0 Å². The van der Waals surface area contributed by atoms with Crippen LogP contribution in [0, 0.1) is 13.8 Å². The molecular weight excluding hydrogens is 376 g/mol. The number of nitrogens with zero attached hydrogens (tertiary/aromatic N) is 2. The summed E-state index contributed by atoms with van der Waals surface area (Å²) in [5, 5.41) is 0. The van der Waals surface area contributed by atoms with Crippen molar-refractivity contribution in [3.63, 3.8) is 0 Å². The second-order valence-corrected chi connectivity index (χ2v) is 6.86. The fraction of sp³-hybridized carbons (Fsp3) is 0.333. The number of ketones is 1. The lowest BCUT2D eigenvalue weighted by molar-refractivity contribution is 0.0474. The summed E-state index contributed by atoms with van der Waals surface area (Å²) in [6.07, 6.45) is 0. The smallest absolute Gasteiger partial charge is 0.338 e. The second-order valence-electron chi connectivity index (χ2n) is 6.86. The molecule has 2 amide bonds. The number of fused-ring (bicyclic) bond motifs is 1. The molecule has 0 unspecified atom stereocenters. The van der Waals surface area contributed by atoms with Crippen LogP contribution in [0.4, 0.5) is 0 Å². The van der Waals surface area contributed by atoms with Crippen LogP contribution in [0.2, 0.25) is 0 Å². The van der Waals surface area contributed by atoms with Gasteiger partial charge in [0.15, 0.2) is 6.61 Å². The van der Waals surface area contributed by atoms with Gasteiger partial charge in [-0.15, -0.1) is 0 Å². The number of benzene rings is 1. The van der Waals surface area contributed by atoms with E-state index in [4.69, 9.17) is 9.47 Å². The van der Waals surface area contributed by atoms with Gasteiger partial charge in [0.05, 0.1) is 23.3 Å². The maximum atomic E-state index is 12.5. The van der Waals surface area contributed by atoms with Gasteiger partial charge in [0, 0.05) is 37.7 Å². The number of rotatable bonds is 7. The van der Waals surface area contributed by atoms with Gasteiger partial charge in [-0.2, -0.15) is 0 Å². The number of methoxy groups -OCH3 is 1. The third-order valence-electron chi connectivity index (χ3n) is 5.05. The van der Waals surface area contributed by atoms with E-state index in [1.54, 1.807) is 13.2 Å². The molecule has 0 aliphatic carbocycles. The monoisotopic (exact) mass is 398 g/mol.